The van der Waals surface area contributed by atoms with Gasteiger partial charge < -0.3 is 10.1 Å². The Bertz CT molecular complexity index is 854. The maximum atomic E-state index is 5.86. The van der Waals surface area contributed by atoms with Gasteiger partial charge in [-0.05, 0) is 31.9 Å². The molecule has 0 spiro atoms. The Labute approximate surface area is 140 Å². The normalized spacial score (nSPS) is 20.6. The van der Waals surface area contributed by atoms with Crippen molar-refractivity contribution in [3.8, 4) is 11.4 Å². The molecule has 1 saturated heterocycles. The minimum atomic E-state index is -0.143. The van der Waals surface area contributed by atoms with Crippen molar-refractivity contribution in [1.29, 1.82) is 0 Å². The highest BCUT2D eigenvalue weighted by atomic mass is 16.5. The van der Waals surface area contributed by atoms with Gasteiger partial charge in [-0.1, -0.05) is 0 Å². The maximum absolute atomic E-state index is 5.86. The first-order valence-corrected chi connectivity index (χ1v) is 8.13. The van der Waals surface area contributed by atoms with Gasteiger partial charge in [-0.3, -0.25) is 9.67 Å². The zero-order valence-corrected chi connectivity index (χ0v) is 13.9. The summed E-state index contributed by atoms with van der Waals surface area (Å²) in [5, 5.41) is 8.68. The van der Waals surface area contributed by atoms with Gasteiger partial charge in [-0.2, -0.15) is 5.10 Å². The average molecular weight is 324 g/mol. The first kappa shape index (κ1) is 15.0. The van der Waals surface area contributed by atoms with Crippen LogP contribution in [0.25, 0.3) is 22.4 Å². The summed E-state index contributed by atoms with van der Waals surface area (Å²) in [4.78, 5) is 13.4. The Morgan fingerprint density at radius 3 is 2.88 bits per heavy atom. The van der Waals surface area contributed by atoms with Gasteiger partial charge >= 0.3 is 0 Å². The van der Waals surface area contributed by atoms with Gasteiger partial charge in [0.1, 0.15) is 5.82 Å². The van der Waals surface area contributed by atoms with E-state index in [1.807, 2.05) is 19.2 Å². The molecule has 124 valence electrons. The van der Waals surface area contributed by atoms with Crippen molar-refractivity contribution >= 4 is 16.9 Å². The minimum Gasteiger partial charge on any atom is -0.373 e. The third-order valence-corrected chi connectivity index (χ3v) is 4.46. The molecule has 7 nitrogen and oxygen atoms in total. The van der Waals surface area contributed by atoms with Crippen LogP contribution in [0.15, 0.2) is 30.7 Å². The van der Waals surface area contributed by atoms with Gasteiger partial charge in [-0.25, -0.2) is 9.97 Å². The van der Waals surface area contributed by atoms with Crippen molar-refractivity contribution in [2.24, 2.45) is 7.05 Å². The van der Waals surface area contributed by atoms with Crippen LogP contribution >= 0.6 is 0 Å². The van der Waals surface area contributed by atoms with E-state index in [1.54, 1.807) is 23.3 Å². The topological polar surface area (TPSA) is 77.8 Å². The molecular weight excluding hydrogens is 304 g/mol. The van der Waals surface area contributed by atoms with E-state index >= 15 is 0 Å². The van der Waals surface area contributed by atoms with E-state index in [0.29, 0.717) is 12.4 Å². The van der Waals surface area contributed by atoms with Gasteiger partial charge in [0.05, 0.1) is 17.2 Å². The van der Waals surface area contributed by atoms with E-state index in [-0.39, 0.29) is 5.60 Å². The Kier molecular flexibility index (Phi) is 3.65. The number of fused-ring (bicyclic) bond motifs is 1. The van der Waals surface area contributed by atoms with Gasteiger partial charge in [0.15, 0.2) is 11.5 Å². The molecule has 4 heterocycles. The first-order valence-electron chi connectivity index (χ1n) is 8.13. The molecule has 24 heavy (non-hydrogen) atoms. The van der Waals surface area contributed by atoms with Crippen LogP contribution < -0.4 is 5.32 Å². The number of rotatable bonds is 4. The number of nitrogens with zero attached hydrogens (tertiary/aromatic N) is 5. The number of hydrogen-bond acceptors (Lipinski definition) is 6. The summed E-state index contributed by atoms with van der Waals surface area (Å²) >= 11 is 0. The monoisotopic (exact) mass is 324 g/mol. The second kappa shape index (κ2) is 5.83. The molecule has 0 saturated carbocycles. The predicted molar refractivity (Wildman–Crippen MR) is 91.6 cm³/mol. The van der Waals surface area contributed by atoms with Crippen molar-refractivity contribution in [3.05, 3.63) is 30.7 Å². The number of hydrogen-bond donors (Lipinski definition) is 1. The second-order valence-electron chi connectivity index (χ2n) is 6.39. The number of nitrogens with one attached hydrogen (secondary N) is 1. The first-order chi connectivity index (χ1) is 11.6. The fraction of sp³-hybridized carbons (Fsp3) is 0.412. The number of anilines is 1. The standard InChI is InChI=1S/C17H20N6O/c1-17(6-3-9-24-17)11-19-15-13-10-20-23(2)16(13)22-14(21-15)12-4-7-18-8-5-12/h4-5,7-8,10H,3,6,9,11H2,1-2H3,(H,19,21,22)/t17-/m1/s1. The molecule has 1 atom stereocenters. The molecule has 0 unspecified atom stereocenters. The lowest BCUT2D eigenvalue weighted by atomic mass is 10.0. The molecule has 0 aromatic carbocycles. The van der Waals surface area contributed by atoms with Crippen LogP contribution in [0, 0.1) is 0 Å². The molecule has 1 N–H and O–H groups in total. The molecule has 3 aromatic heterocycles. The van der Waals surface area contributed by atoms with E-state index in [0.717, 1.165) is 41.9 Å². The smallest absolute Gasteiger partial charge is 0.164 e. The zero-order chi connectivity index (χ0) is 16.6. The molecule has 0 radical (unpaired) electrons. The van der Waals surface area contributed by atoms with E-state index in [4.69, 9.17) is 9.72 Å². The van der Waals surface area contributed by atoms with Gasteiger partial charge in [0.2, 0.25) is 0 Å². The Morgan fingerprint density at radius 1 is 1.29 bits per heavy atom. The van der Waals surface area contributed by atoms with E-state index in [1.165, 1.54) is 0 Å². The highest BCUT2D eigenvalue weighted by Crippen LogP contribution is 2.28. The summed E-state index contributed by atoms with van der Waals surface area (Å²) in [5.74, 6) is 1.45. The number of aryl methyl sites for hydroxylation is 1. The summed E-state index contributed by atoms with van der Waals surface area (Å²) in [6, 6.07) is 3.81. The van der Waals surface area contributed by atoms with Crippen molar-refractivity contribution in [3.63, 3.8) is 0 Å². The molecule has 0 bridgehead atoms. The van der Waals surface area contributed by atoms with Crippen LogP contribution in [-0.2, 0) is 11.8 Å². The van der Waals surface area contributed by atoms with E-state index < -0.39 is 0 Å². The quantitative estimate of drug-likeness (QED) is 0.794. The van der Waals surface area contributed by atoms with Crippen molar-refractivity contribution in [2.75, 3.05) is 18.5 Å². The molecule has 1 fully saturated rings. The largest absolute Gasteiger partial charge is 0.373 e. The van der Waals surface area contributed by atoms with Crippen LogP contribution in [0.2, 0.25) is 0 Å². The molecule has 0 aliphatic carbocycles. The second-order valence-corrected chi connectivity index (χ2v) is 6.39. The summed E-state index contributed by atoms with van der Waals surface area (Å²) in [6.45, 7) is 3.68. The number of pyridine rings is 1. The van der Waals surface area contributed by atoms with Gasteiger partial charge in [0.25, 0.3) is 0 Å². The number of ether oxygens (including phenoxy) is 1. The zero-order valence-electron chi connectivity index (χ0n) is 13.9. The average Bonchev–Trinajstić information content (AvgIpc) is 3.21. The van der Waals surface area contributed by atoms with Crippen molar-refractivity contribution in [2.45, 2.75) is 25.4 Å². The lowest BCUT2D eigenvalue weighted by Crippen LogP contribution is -2.32. The Hall–Kier alpha value is -2.54. The lowest BCUT2D eigenvalue weighted by Gasteiger charge is -2.24. The minimum absolute atomic E-state index is 0.143. The fourth-order valence-electron chi connectivity index (χ4n) is 3.03. The molecule has 3 aromatic rings. The van der Waals surface area contributed by atoms with E-state index in [2.05, 4.69) is 27.3 Å². The third kappa shape index (κ3) is 2.71. The third-order valence-electron chi connectivity index (χ3n) is 4.46. The summed E-state index contributed by atoms with van der Waals surface area (Å²) in [7, 11) is 1.89. The van der Waals surface area contributed by atoms with Crippen LogP contribution in [-0.4, -0.2) is 43.5 Å². The Balaban J connectivity index is 1.73. The molecular formula is C17H20N6O. The molecule has 7 heteroatoms. The molecule has 1 aliphatic heterocycles. The highest BCUT2D eigenvalue weighted by Gasteiger charge is 2.30. The summed E-state index contributed by atoms with van der Waals surface area (Å²) in [5.41, 5.74) is 1.59. The van der Waals surface area contributed by atoms with Gasteiger partial charge in [-0.15, -0.1) is 0 Å². The lowest BCUT2D eigenvalue weighted by molar-refractivity contribution is 0.0315. The predicted octanol–water partition coefficient (Wildman–Crippen LogP) is 2.41. The van der Waals surface area contributed by atoms with E-state index in [9.17, 15) is 0 Å². The van der Waals surface area contributed by atoms with Crippen LogP contribution in [0.1, 0.15) is 19.8 Å². The number of aromatic nitrogens is 5. The highest BCUT2D eigenvalue weighted by molar-refractivity contribution is 5.88. The Morgan fingerprint density at radius 2 is 2.12 bits per heavy atom. The molecule has 0 amide bonds. The molecule has 1 aliphatic rings. The summed E-state index contributed by atoms with van der Waals surface area (Å²) < 4.78 is 7.62. The van der Waals surface area contributed by atoms with Gasteiger partial charge in [0, 0.05) is 38.2 Å². The summed E-state index contributed by atoms with van der Waals surface area (Å²) in [6.07, 6.45) is 7.44. The maximum Gasteiger partial charge on any atom is 0.164 e. The van der Waals surface area contributed by atoms with Crippen LogP contribution in [0.5, 0.6) is 0 Å². The molecule has 4 rings (SSSR count). The van der Waals surface area contributed by atoms with Crippen LogP contribution in [0.3, 0.4) is 0 Å². The van der Waals surface area contributed by atoms with Crippen LogP contribution in [0.4, 0.5) is 5.82 Å². The SMILES string of the molecule is Cn1ncc2c(NC[C@@]3(C)CCCO3)nc(-c3ccncc3)nc21. The van der Waals surface area contributed by atoms with Crippen molar-refractivity contribution < 1.29 is 4.74 Å². The van der Waals surface area contributed by atoms with Crippen molar-refractivity contribution in [1.82, 2.24) is 24.7 Å². The fourth-order valence-corrected chi connectivity index (χ4v) is 3.03.